The molecule has 1 aliphatic heterocycles. The maximum absolute atomic E-state index is 12.5. The van der Waals surface area contributed by atoms with E-state index in [1.807, 2.05) is 6.07 Å². The van der Waals surface area contributed by atoms with Crippen molar-refractivity contribution in [2.45, 2.75) is 33.1 Å². The number of aryl methyl sites for hydroxylation is 2. The summed E-state index contributed by atoms with van der Waals surface area (Å²) in [6, 6.07) is 14.7. The number of hydrogen-bond donors (Lipinski definition) is 2. The molecule has 30 heavy (non-hydrogen) atoms. The van der Waals surface area contributed by atoms with Crippen molar-refractivity contribution in [3.8, 4) is 0 Å². The molecule has 2 aromatic carbocycles. The van der Waals surface area contributed by atoms with Crippen molar-refractivity contribution < 1.29 is 4.79 Å². The minimum absolute atomic E-state index is 0.0854. The number of amides is 1. The molecule has 0 unspecified atom stereocenters. The van der Waals surface area contributed by atoms with Gasteiger partial charge in [0.25, 0.3) is 0 Å². The van der Waals surface area contributed by atoms with E-state index in [1.54, 1.807) is 0 Å². The van der Waals surface area contributed by atoms with Gasteiger partial charge in [0.2, 0.25) is 5.91 Å². The zero-order chi connectivity index (χ0) is 20.9. The first-order valence-electron chi connectivity index (χ1n) is 11.1. The molecule has 5 nitrogen and oxygen atoms in total. The van der Waals surface area contributed by atoms with Crippen molar-refractivity contribution in [1.82, 2.24) is 9.88 Å². The molecule has 3 aromatic rings. The largest absolute Gasteiger partial charge is 0.369 e. The lowest BCUT2D eigenvalue weighted by molar-refractivity contribution is -0.116. The minimum Gasteiger partial charge on any atom is -0.369 e. The maximum atomic E-state index is 12.5. The van der Waals surface area contributed by atoms with Crippen molar-refractivity contribution in [2.75, 3.05) is 42.9 Å². The fourth-order valence-electron chi connectivity index (χ4n) is 4.30. The Morgan fingerprint density at radius 1 is 1.10 bits per heavy atom. The summed E-state index contributed by atoms with van der Waals surface area (Å²) in [6.45, 7) is 9.78. The van der Waals surface area contributed by atoms with Gasteiger partial charge in [0, 0.05) is 61.1 Å². The van der Waals surface area contributed by atoms with E-state index in [4.69, 9.17) is 0 Å². The number of likely N-dealkylation sites (N-methyl/N-ethyl adjacent to an activating group) is 1. The van der Waals surface area contributed by atoms with Crippen molar-refractivity contribution in [3.05, 3.63) is 59.8 Å². The highest BCUT2D eigenvalue weighted by Gasteiger charge is 2.16. The molecule has 2 heterocycles. The van der Waals surface area contributed by atoms with Crippen molar-refractivity contribution in [2.24, 2.45) is 0 Å². The number of aromatic nitrogens is 1. The van der Waals surface area contributed by atoms with Gasteiger partial charge in [-0.1, -0.05) is 25.1 Å². The topological polar surface area (TPSA) is 51.4 Å². The fraction of sp³-hybridized carbons (Fsp3) is 0.400. The average Bonchev–Trinajstić information content (AvgIpc) is 3.18. The first-order valence-corrected chi connectivity index (χ1v) is 11.1. The number of H-pyrrole nitrogens is 1. The number of fused-ring (bicyclic) bond motifs is 1. The Bertz CT molecular complexity index is 1000. The number of anilines is 2. The first kappa shape index (κ1) is 20.5. The molecular weight excluding hydrogens is 372 g/mol. The fourth-order valence-corrected chi connectivity index (χ4v) is 4.30. The van der Waals surface area contributed by atoms with E-state index >= 15 is 0 Å². The first-order chi connectivity index (χ1) is 14.6. The van der Waals surface area contributed by atoms with Crippen LogP contribution in [0.15, 0.2) is 48.7 Å². The van der Waals surface area contributed by atoms with E-state index < -0.39 is 0 Å². The molecule has 158 valence electrons. The normalized spacial score (nSPS) is 14.9. The van der Waals surface area contributed by atoms with Gasteiger partial charge in [-0.25, -0.2) is 0 Å². The van der Waals surface area contributed by atoms with E-state index in [9.17, 15) is 4.79 Å². The lowest BCUT2D eigenvalue weighted by Crippen LogP contribution is -2.46. The van der Waals surface area contributed by atoms with Gasteiger partial charge < -0.3 is 20.1 Å². The predicted octanol–water partition coefficient (Wildman–Crippen LogP) is 4.58. The lowest BCUT2D eigenvalue weighted by Gasteiger charge is -2.35. The third-order valence-electron chi connectivity index (χ3n) is 6.19. The summed E-state index contributed by atoms with van der Waals surface area (Å²) in [5, 5.41) is 4.35. The smallest absolute Gasteiger partial charge is 0.224 e. The molecule has 0 aliphatic carbocycles. The van der Waals surface area contributed by atoms with Crippen LogP contribution < -0.4 is 10.2 Å². The van der Waals surface area contributed by atoms with Crippen LogP contribution in [-0.4, -0.2) is 48.5 Å². The Labute approximate surface area is 179 Å². The minimum atomic E-state index is 0.0854. The van der Waals surface area contributed by atoms with Crippen LogP contribution in [0.2, 0.25) is 0 Å². The number of nitrogens with one attached hydrogen (secondary N) is 2. The summed E-state index contributed by atoms with van der Waals surface area (Å²) >= 11 is 0. The van der Waals surface area contributed by atoms with Gasteiger partial charge in [0.05, 0.1) is 0 Å². The number of nitrogens with zero attached hydrogens (tertiary/aromatic N) is 2. The number of rotatable bonds is 7. The third kappa shape index (κ3) is 4.68. The van der Waals surface area contributed by atoms with Gasteiger partial charge in [-0.05, 0) is 61.7 Å². The van der Waals surface area contributed by atoms with Crippen LogP contribution in [0, 0.1) is 6.92 Å². The van der Waals surface area contributed by atoms with Crippen molar-refractivity contribution in [1.29, 1.82) is 0 Å². The Hall–Kier alpha value is -2.79. The molecule has 0 saturated carbocycles. The molecule has 1 saturated heterocycles. The standard InChI is InChI=1S/C25H32N4O/c1-3-28-13-15-29(16-14-28)21-11-12-23(19(2)17-21)27-25(30)10-6-7-20-18-26-24-9-5-4-8-22(20)24/h4-5,8-9,11-12,17-18,26H,3,6-7,10,13-16H2,1-2H3,(H,27,30). The highest BCUT2D eigenvalue weighted by atomic mass is 16.1. The Morgan fingerprint density at radius 3 is 2.67 bits per heavy atom. The van der Waals surface area contributed by atoms with Crippen LogP contribution >= 0.6 is 0 Å². The van der Waals surface area contributed by atoms with Crippen LogP contribution in [0.5, 0.6) is 0 Å². The second kappa shape index (κ2) is 9.35. The monoisotopic (exact) mass is 404 g/mol. The molecule has 1 aromatic heterocycles. The molecule has 0 atom stereocenters. The summed E-state index contributed by atoms with van der Waals surface area (Å²) in [4.78, 5) is 20.7. The van der Waals surface area contributed by atoms with Crippen molar-refractivity contribution in [3.63, 3.8) is 0 Å². The molecule has 1 amide bonds. The summed E-state index contributed by atoms with van der Waals surface area (Å²) in [6.07, 6.45) is 4.33. The molecule has 1 fully saturated rings. The summed E-state index contributed by atoms with van der Waals surface area (Å²) in [5.74, 6) is 0.0854. The van der Waals surface area contributed by atoms with Crippen LogP contribution in [0.4, 0.5) is 11.4 Å². The lowest BCUT2D eigenvalue weighted by atomic mass is 10.1. The highest BCUT2D eigenvalue weighted by molar-refractivity contribution is 5.92. The molecule has 2 N–H and O–H groups in total. The number of para-hydroxylation sites is 1. The third-order valence-corrected chi connectivity index (χ3v) is 6.19. The highest BCUT2D eigenvalue weighted by Crippen LogP contribution is 2.24. The number of carbonyl (C=O) groups excluding carboxylic acids is 1. The number of aromatic amines is 1. The van der Waals surface area contributed by atoms with Crippen LogP contribution in [0.3, 0.4) is 0 Å². The molecular formula is C25H32N4O. The Kier molecular flexibility index (Phi) is 6.38. The summed E-state index contributed by atoms with van der Waals surface area (Å²) in [7, 11) is 0. The number of piperazine rings is 1. The molecule has 0 spiro atoms. The van der Waals surface area contributed by atoms with Crippen LogP contribution in [0.25, 0.3) is 10.9 Å². The van der Waals surface area contributed by atoms with E-state index in [0.717, 1.165) is 62.3 Å². The molecule has 0 bridgehead atoms. The maximum Gasteiger partial charge on any atom is 0.224 e. The van der Waals surface area contributed by atoms with Gasteiger partial charge in [0.15, 0.2) is 0 Å². The zero-order valence-electron chi connectivity index (χ0n) is 18.1. The molecule has 4 rings (SSSR count). The van der Waals surface area contributed by atoms with Crippen LogP contribution in [-0.2, 0) is 11.2 Å². The van der Waals surface area contributed by atoms with E-state index in [0.29, 0.717) is 6.42 Å². The quantitative estimate of drug-likeness (QED) is 0.606. The Morgan fingerprint density at radius 2 is 1.90 bits per heavy atom. The van der Waals surface area contributed by atoms with Crippen molar-refractivity contribution >= 4 is 28.2 Å². The van der Waals surface area contributed by atoms with E-state index in [1.165, 1.54) is 16.6 Å². The van der Waals surface area contributed by atoms with Gasteiger partial charge in [0.1, 0.15) is 0 Å². The summed E-state index contributed by atoms with van der Waals surface area (Å²) < 4.78 is 0. The van der Waals surface area contributed by atoms with Gasteiger partial charge in [-0.15, -0.1) is 0 Å². The van der Waals surface area contributed by atoms with Gasteiger partial charge >= 0.3 is 0 Å². The van der Waals surface area contributed by atoms with Crippen LogP contribution in [0.1, 0.15) is 30.9 Å². The Balaban J connectivity index is 1.29. The second-order valence-corrected chi connectivity index (χ2v) is 8.18. The molecule has 0 radical (unpaired) electrons. The molecule has 5 heteroatoms. The molecule has 1 aliphatic rings. The second-order valence-electron chi connectivity index (χ2n) is 8.18. The summed E-state index contributed by atoms with van der Waals surface area (Å²) in [5.41, 5.74) is 5.73. The predicted molar refractivity (Wildman–Crippen MR) is 125 cm³/mol. The number of carbonyl (C=O) groups is 1. The van der Waals surface area contributed by atoms with Gasteiger partial charge in [-0.3, -0.25) is 4.79 Å². The number of hydrogen-bond acceptors (Lipinski definition) is 3. The average molecular weight is 405 g/mol. The zero-order valence-corrected chi connectivity index (χ0v) is 18.1. The van der Waals surface area contributed by atoms with Gasteiger partial charge in [-0.2, -0.15) is 0 Å². The number of benzene rings is 2. The van der Waals surface area contributed by atoms with E-state index in [-0.39, 0.29) is 5.91 Å². The SMILES string of the molecule is CCN1CCN(c2ccc(NC(=O)CCCc3c[nH]c4ccccc34)c(C)c2)CC1. The van der Waals surface area contributed by atoms with E-state index in [2.05, 4.69) is 76.5 Å².